The fourth-order valence-corrected chi connectivity index (χ4v) is 5.42. The Morgan fingerprint density at radius 3 is 2.40 bits per heavy atom. The number of aliphatic hydroxyl groups is 2. The van der Waals surface area contributed by atoms with Crippen molar-refractivity contribution in [2.75, 3.05) is 19.7 Å². The van der Waals surface area contributed by atoms with E-state index in [0.29, 0.717) is 18.2 Å². The molecule has 2 N–H and O–H groups in total. The van der Waals surface area contributed by atoms with Gasteiger partial charge in [0, 0.05) is 25.1 Å². The number of sulfonamides is 1. The fourth-order valence-electron chi connectivity index (χ4n) is 3.76. The molecule has 1 heterocycles. The number of benzene rings is 2. The number of nitriles is 2. The Bertz CT molecular complexity index is 1320. The Morgan fingerprint density at radius 1 is 1.20 bits per heavy atom. The van der Waals surface area contributed by atoms with E-state index in [-0.39, 0.29) is 17.9 Å². The van der Waals surface area contributed by atoms with Gasteiger partial charge in [-0.1, -0.05) is 0 Å². The first-order chi connectivity index (χ1) is 16.2. The second-order valence-electron chi connectivity index (χ2n) is 8.05. The normalized spacial score (nSPS) is 21.8. The van der Waals surface area contributed by atoms with Crippen LogP contribution in [0.3, 0.4) is 0 Å². The van der Waals surface area contributed by atoms with Crippen LogP contribution in [-0.2, 0) is 16.2 Å². The van der Waals surface area contributed by atoms with Crippen molar-refractivity contribution in [3.8, 4) is 17.9 Å². The van der Waals surface area contributed by atoms with Crippen molar-refractivity contribution in [1.29, 1.82) is 10.5 Å². The van der Waals surface area contributed by atoms with Gasteiger partial charge in [0.05, 0.1) is 34.3 Å². The highest BCUT2D eigenvalue weighted by molar-refractivity contribution is 7.89. The van der Waals surface area contributed by atoms with E-state index in [0.717, 1.165) is 10.4 Å². The van der Waals surface area contributed by atoms with E-state index < -0.39 is 68.8 Å². The zero-order chi connectivity index (χ0) is 26.2. The van der Waals surface area contributed by atoms with Crippen LogP contribution in [-0.4, -0.2) is 54.3 Å². The van der Waals surface area contributed by atoms with Crippen LogP contribution in [0.4, 0.5) is 17.6 Å². The number of ether oxygens (including phenoxy) is 1. The molecule has 8 nitrogen and oxygen atoms in total. The first-order valence-electron chi connectivity index (χ1n) is 10.1. The van der Waals surface area contributed by atoms with E-state index in [4.69, 9.17) is 10.00 Å². The monoisotopic (exact) mass is 513 g/mol. The minimum atomic E-state index is -4.79. The van der Waals surface area contributed by atoms with Gasteiger partial charge in [-0.15, -0.1) is 0 Å². The standard InChI is InChI=1S/C22H19F4N3O5S/c1-13(30)21(31)12-29(10-17(21)11-34-18-4-2-14(8-27)19(23)7-18)35(32,33)20-5-3-16(22(24,25)26)6-15(20)9-28/h2-7,13,17,30-31H,10-12H2,1H3/t13-,17?,21+/m0/s1. The molecule has 0 radical (unpaired) electrons. The van der Waals surface area contributed by atoms with Crippen LogP contribution in [0.25, 0.3) is 0 Å². The number of halogens is 4. The average Bonchev–Trinajstić information content (AvgIpc) is 3.15. The minimum Gasteiger partial charge on any atom is -0.493 e. The van der Waals surface area contributed by atoms with Gasteiger partial charge in [0.1, 0.15) is 29.3 Å². The lowest BCUT2D eigenvalue weighted by molar-refractivity contribution is -0.137. The molecule has 186 valence electrons. The smallest absolute Gasteiger partial charge is 0.416 e. The van der Waals surface area contributed by atoms with Gasteiger partial charge >= 0.3 is 6.18 Å². The van der Waals surface area contributed by atoms with Crippen LogP contribution >= 0.6 is 0 Å². The molecule has 0 spiro atoms. The number of β-amino-alcohol motifs (C(OH)–C–C–N with tert-alkyl or cyclic N) is 1. The van der Waals surface area contributed by atoms with Gasteiger partial charge in [-0.2, -0.15) is 28.0 Å². The van der Waals surface area contributed by atoms with Crippen molar-refractivity contribution >= 4 is 10.0 Å². The van der Waals surface area contributed by atoms with E-state index in [1.165, 1.54) is 25.1 Å². The lowest BCUT2D eigenvalue weighted by atomic mass is 9.87. The highest BCUT2D eigenvalue weighted by atomic mass is 32.2. The third kappa shape index (κ3) is 5.09. The summed E-state index contributed by atoms with van der Waals surface area (Å²) in [6, 6.07) is 8.12. The number of hydrogen-bond acceptors (Lipinski definition) is 7. The van der Waals surface area contributed by atoms with Crippen molar-refractivity contribution in [3.63, 3.8) is 0 Å². The molecule has 3 rings (SSSR count). The van der Waals surface area contributed by atoms with Crippen molar-refractivity contribution in [1.82, 2.24) is 4.31 Å². The summed E-state index contributed by atoms with van der Waals surface area (Å²) in [6.07, 6.45) is -6.24. The Morgan fingerprint density at radius 2 is 1.86 bits per heavy atom. The topological polar surface area (TPSA) is 135 Å². The molecule has 2 aromatic carbocycles. The van der Waals surface area contributed by atoms with Crippen LogP contribution in [0, 0.1) is 34.4 Å². The highest BCUT2D eigenvalue weighted by Crippen LogP contribution is 2.37. The van der Waals surface area contributed by atoms with Crippen molar-refractivity contribution in [2.24, 2.45) is 5.92 Å². The molecular formula is C22H19F4N3O5S. The summed E-state index contributed by atoms with van der Waals surface area (Å²) in [6.45, 7) is -0.177. The van der Waals surface area contributed by atoms with Crippen LogP contribution in [0.15, 0.2) is 41.3 Å². The summed E-state index contributed by atoms with van der Waals surface area (Å²) < 4.78 is 85.4. The molecule has 3 atom stereocenters. The SMILES string of the molecule is C[C@H](O)[C@]1(O)CN(S(=O)(=O)c2ccc(C(F)(F)F)cc2C#N)CC1COc1ccc(C#N)c(F)c1. The lowest BCUT2D eigenvalue weighted by Gasteiger charge is -2.31. The number of nitrogens with zero attached hydrogens (tertiary/aromatic N) is 3. The second-order valence-corrected chi connectivity index (χ2v) is 9.95. The first kappa shape index (κ1) is 26.4. The molecule has 0 saturated carbocycles. The van der Waals surface area contributed by atoms with Gasteiger partial charge in [0.15, 0.2) is 0 Å². The van der Waals surface area contributed by atoms with E-state index in [9.17, 15) is 41.5 Å². The van der Waals surface area contributed by atoms with Crippen LogP contribution in [0.5, 0.6) is 5.75 Å². The number of rotatable bonds is 6. The number of aliphatic hydroxyl groups excluding tert-OH is 1. The van der Waals surface area contributed by atoms with Gasteiger partial charge in [0.2, 0.25) is 10.0 Å². The molecule has 2 aromatic rings. The van der Waals surface area contributed by atoms with Crippen LogP contribution in [0.1, 0.15) is 23.6 Å². The zero-order valence-corrected chi connectivity index (χ0v) is 18.9. The number of hydrogen-bond donors (Lipinski definition) is 2. The molecule has 1 unspecified atom stereocenters. The maximum atomic E-state index is 13.8. The van der Waals surface area contributed by atoms with Gasteiger partial charge in [-0.25, -0.2) is 12.8 Å². The summed E-state index contributed by atoms with van der Waals surface area (Å²) in [4.78, 5) is -0.684. The predicted molar refractivity (Wildman–Crippen MR) is 112 cm³/mol. The largest absolute Gasteiger partial charge is 0.493 e. The molecule has 1 aliphatic heterocycles. The molecule has 1 saturated heterocycles. The maximum Gasteiger partial charge on any atom is 0.416 e. The molecule has 1 fully saturated rings. The van der Waals surface area contributed by atoms with Gasteiger partial charge in [0.25, 0.3) is 0 Å². The van der Waals surface area contributed by atoms with Crippen molar-refractivity contribution in [3.05, 3.63) is 58.9 Å². The van der Waals surface area contributed by atoms with E-state index >= 15 is 0 Å². The maximum absolute atomic E-state index is 13.8. The van der Waals surface area contributed by atoms with Crippen molar-refractivity contribution < 1.29 is 40.9 Å². The van der Waals surface area contributed by atoms with E-state index in [1.807, 2.05) is 0 Å². The minimum absolute atomic E-state index is 0.00902. The van der Waals surface area contributed by atoms with E-state index in [1.54, 1.807) is 6.07 Å². The molecule has 0 bridgehead atoms. The first-order valence-corrected chi connectivity index (χ1v) is 11.5. The quantitative estimate of drug-likeness (QED) is 0.567. The third-order valence-corrected chi connectivity index (χ3v) is 7.71. The zero-order valence-electron chi connectivity index (χ0n) is 18.1. The summed E-state index contributed by atoms with van der Waals surface area (Å²) in [5.41, 5.74) is -4.17. The summed E-state index contributed by atoms with van der Waals surface area (Å²) in [5, 5.41) is 39.3. The molecule has 13 heteroatoms. The van der Waals surface area contributed by atoms with Crippen LogP contribution < -0.4 is 4.74 Å². The Balaban J connectivity index is 1.89. The second kappa shape index (κ2) is 9.43. The third-order valence-electron chi connectivity index (χ3n) is 5.84. The lowest BCUT2D eigenvalue weighted by Crippen LogP contribution is -2.50. The Labute approximate surface area is 198 Å². The Hall–Kier alpha value is -3.23. The van der Waals surface area contributed by atoms with Gasteiger partial charge < -0.3 is 14.9 Å². The predicted octanol–water partition coefficient (Wildman–Crippen LogP) is 2.40. The summed E-state index contributed by atoms with van der Waals surface area (Å²) in [7, 11) is -4.56. The summed E-state index contributed by atoms with van der Waals surface area (Å²) >= 11 is 0. The highest BCUT2D eigenvalue weighted by Gasteiger charge is 2.52. The number of alkyl halides is 3. The average molecular weight is 513 g/mol. The van der Waals surface area contributed by atoms with Gasteiger partial charge in [-0.3, -0.25) is 0 Å². The fraction of sp³-hybridized carbons (Fsp3) is 0.364. The molecule has 0 amide bonds. The van der Waals surface area contributed by atoms with Gasteiger partial charge in [-0.05, 0) is 37.3 Å². The molecule has 0 aromatic heterocycles. The van der Waals surface area contributed by atoms with Crippen LogP contribution in [0.2, 0.25) is 0 Å². The summed E-state index contributed by atoms with van der Waals surface area (Å²) in [5.74, 6) is -1.89. The Kier molecular flexibility index (Phi) is 7.11. The van der Waals surface area contributed by atoms with E-state index in [2.05, 4.69) is 0 Å². The molecular weight excluding hydrogens is 494 g/mol. The molecule has 0 aliphatic carbocycles. The molecule has 35 heavy (non-hydrogen) atoms. The molecule has 1 aliphatic rings. The van der Waals surface area contributed by atoms with Crippen molar-refractivity contribution in [2.45, 2.75) is 29.7 Å².